The van der Waals surface area contributed by atoms with Crippen molar-refractivity contribution in [3.63, 3.8) is 0 Å². The van der Waals surface area contributed by atoms with Crippen molar-refractivity contribution < 1.29 is 13.5 Å². The van der Waals surface area contributed by atoms with Crippen molar-refractivity contribution >= 4 is 27.6 Å². The second kappa shape index (κ2) is 9.42. The lowest BCUT2D eigenvalue weighted by atomic mass is 9.95. The van der Waals surface area contributed by atoms with Crippen molar-refractivity contribution in [2.24, 2.45) is 0 Å². The van der Waals surface area contributed by atoms with Crippen LogP contribution >= 0.6 is 0 Å². The molecule has 4 saturated heterocycles. The number of para-hydroxylation sites is 1. The SMILES string of the molecule is O=c1cc(-c2ncc3c(N4C[C@H]5CC[C@@H](C4)N5)nc(OC[C@@]45CCCN4C[C@H](F)C5)nc3c2F)c2ccccc2[nH]1. The fourth-order valence-corrected chi connectivity index (χ4v) is 7.53. The molecule has 4 aromatic rings. The Morgan fingerprint density at radius 3 is 2.78 bits per heavy atom. The Hall–Kier alpha value is -3.70. The first kappa shape index (κ1) is 25.0. The average molecular weight is 560 g/mol. The van der Waals surface area contributed by atoms with Crippen LogP contribution in [-0.4, -0.2) is 81.4 Å². The molecule has 2 bridgehead atoms. The van der Waals surface area contributed by atoms with E-state index >= 15 is 4.39 Å². The van der Waals surface area contributed by atoms with Crippen LogP contribution in [-0.2, 0) is 0 Å². The molecular formula is C30H31F2N7O2. The summed E-state index contributed by atoms with van der Waals surface area (Å²) in [6, 6.07) is 9.39. The smallest absolute Gasteiger partial charge is 0.319 e. The fourth-order valence-electron chi connectivity index (χ4n) is 7.53. The predicted octanol–water partition coefficient (Wildman–Crippen LogP) is 3.57. The third-order valence-corrected chi connectivity index (χ3v) is 9.40. The number of aromatic nitrogens is 4. The number of nitrogens with zero attached hydrogens (tertiary/aromatic N) is 5. The van der Waals surface area contributed by atoms with Gasteiger partial charge in [-0.2, -0.15) is 9.97 Å². The molecule has 4 aliphatic heterocycles. The molecule has 0 spiro atoms. The second-order valence-corrected chi connectivity index (χ2v) is 12.0. The van der Waals surface area contributed by atoms with Gasteiger partial charge in [-0.1, -0.05) is 18.2 Å². The molecule has 2 N–H and O–H groups in total. The molecule has 1 aromatic carbocycles. The molecule has 8 rings (SSSR count). The van der Waals surface area contributed by atoms with E-state index in [0.29, 0.717) is 52.7 Å². The van der Waals surface area contributed by atoms with Gasteiger partial charge in [0.05, 0.1) is 10.9 Å². The van der Waals surface area contributed by atoms with Gasteiger partial charge in [0.1, 0.15) is 29.8 Å². The summed E-state index contributed by atoms with van der Waals surface area (Å²) in [6.45, 7) is 3.01. The highest BCUT2D eigenvalue weighted by Crippen LogP contribution is 2.41. The van der Waals surface area contributed by atoms with Crippen molar-refractivity contribution in [3.8, 4) is 17.3 Å². The first-order chi connectivity index (χ1) is 20.0. The van der Waals surface area contributed by atoms with E-state index in [9.17, 15) is 9.18 Å². The number of anilines is 1. The van der Waals surface area contributed by atoms with Crippen LogP contribution in [0.25, 0.3) is 33.1 Å². The fraction of sp³-hybridized carbons (Fsp3) is 0.467. The number of rotatable bonds is 5. The Morgan fingerprint density at radius 1 is 1.10 bits per heavy atom. The van der Waals surface area contributed by atoms with E-state index in [1.54, 1.807) is 12.3 Å². The van der Waals surface area contributed by atoms with Gasteiger partial charge in [-0.05, 0) is 38.3 Å². The summed E-state index contributed by atoms with van der Waals surface area (Å²) in [7, 11) is 0. The van der Waals surface area contributed by atoms with Gasteiger partial charge < -0.3 is 19.9 Å². The summed E-state index contributed by atoms with van der Waals surface area (Å²) >= 11 is 0. The first-order valence-corrected chi connectivity index (χ1v) is 14.5. The molecule has 4 atom stereocenters. The minimum absolute atomic E-state index is 0.0485. The van der Waals surface area contributed by atoms with Gasteiger partial charge in [-0.15, -0.1) is 0 Å². The van der Waals surface area contributed by atoms with E-state index in [4.69, 9.17) is 9.72 Å². The maximum atomic E-state index is 16.5. The maximum Gasteiger partial charge on any atom is 0.319 e. The van der Waals surface area contributed by atoms with Gasteiger partial charge in [0, 0.05) is 66.9 Å². The lowest BCUT2D eigenvalue weighted by Crippen LogP contribution is -2.51. The Bertz CT molecular complexity index is 1720. The van der Waals surface area contributed by atoms with E-state index in [1.165, 1.54) is 6.07 Å². The van der Waals surface area contributed by atoms with Crippen LogP contribution < -0.4 is 20.5 Å². The second-order valence-electron chi connectivity index (χ2n) is 12.0. The van der Waals surface area contributed by atoms with Gasteiger partial charge >= 0.3 is 6.01 Å². The highest BCUT2D eigenvalue weighted by atomic mass is 19.1. The van der Waals surface area contributed by atoms with Crippen molar-refractivity contribution in [2.75, 3.05) is 37.7 Å². The zero-order chi connectivity index (χ0) is 27.7. The monoisotopic (exact) mass is 559 g/mol. The Labute approximate surface area is 234 Å². The largest absolute Gasteiger partial charge is 0.461 e. The van der Waals surface area contributed by atoms with Crippen LogP contribution in [0, 0.1) is 5.82 Å². The number of fused-ring (bicyclic) bond motifs is 5. The number of hydrogen-bond donors (Lipinski definition) is 2. The number of nitrogens with one attached hydrogen (secondary N) is 2. The number of aromatic amines is 1. The lowest BCUT2D eigenvalue weighted by molar-refractivity contribution is 0.107. The van der Waals surface area contributed by atoms with Crippen LogP contribution in [0.15, 0.2) is 41.3 Å². The number of H-pyrrole nitrogens is 1. The van der Waals surface area contributed by atoms with E-state index in [2.05, 4.69) is 30.1 Å². The number of ether oxygens (including phenoxy) is 1. The van der Waals surface area contributed by atoms with Crippen molar-refractivity contribution in [1.29, 1.82) is 0 Å². The highest BCUT2D eigenvalue weighted by Gasteiger charge is 2.49. The lowest BCUT2D eigenvalue weighted by Gasteiger charge is -2.34. The third-order valence-electron chi connectivity index (χ3n) is 9.40. The summed E-state index contributed by atoms with van der Waals surface area (Å²) in [5, 5.41) is 4.81. The topological polar surface area (TPSA) is 99.3 Å². The van der Waals surface area contributed by atoms with E-state index in [-0.39, 0.29) is 34.9 Å². The molecule has 11 heteroatoms. The standard InChI is InChI=1S/C30H31F2N7O2/c31-17-11-30(8-3-9-39(30)13-17)16-41-29-36-27-22(28(37-29)38-14-18-6-7-19(15-38)34-18)12-33-26(25(27)32)21-10-24(40)35-23-5-2-1-4-20(21)23/h1-2,4-5,10,12,17-19,34H,3,6-9,11,13-16H2,(H,35,40)/t17-,18-,19+,30+/m1/s1. The molecule has 3 aromatic heterocycles. The number of halogens is 2. The summed E-state index contributed by atoms with van der Waals surface area (Å²) in [4.78, 5) is 33.5. The van der Waals surface area contributed by atoms with Crippen LogP contribution in [0.5, 0.6) is 6.01 Å². The predicted molar refractivity (Wildman–Crippen MR) is 152 cm³/mol. The zero-order valence-electron chi connectivity index (χ0n) is 22.6. The summed E-state index contributed by atoms with van der Waals surface area (Å²) in [5.41, 5.74) is 0.424. The van der Waals surface area contributed by atoms with Crippen molar-refractivity contribution in [2.45, 2.75) is 55.9 Å². The van der Waals surface area contributed by atoms with Gasteiger partial charge in [-0.3, -0.25) is 14.7 Å². The van der Waals surface area contributed by atoms with Crippen molar-refractivity contribution in [1.82, 2.24) is 30.2 Å². The number of piperazine rings is 1. The van der Waals surface area contributed by atoms with Gasteiger partial charge in [-0.25, -0.2) is 8.78 Å². The summed E-state index contributed by atoms with van der Waals surface area (Å²) < 4.78 is 37.1. The highest BCUT2D eigenvalue weighted by molar-refractivity contribution is 5.97. The molecule has 4 aliphatic rings. The quantitative estimate of drug-likeness (QED) is 0.383. The molecule has 9 nitrogen and oxygen atoms in total. The number of pyridine rings is 2. The van der Waals surface area contributed by atoms with E-state index in [1.807, 2.05) is 18.2 Å². The summed E-state index contributed by atoms with van der Waals surface area (Å²) in [6.07, 6.45) is 5.18. The summed E-state index contributed by atoms with van der Waals surface area (Å²) in [5.74, 6) is -0.0390. The third kappa shape index (κ3) is 4.16. The normalized spacial score (nSPS) is 27.7. The van der Waals surface area contributed by atoms with Crippen molar-refractivity contribution in [3.05, 3.63) is 52.7 Å². The van der Waals surface area contributed by atoms with Crippen LogP contribution in [0.2, 0.25) is 0 Å². The molecule has 0 amide bonds. The number of benzene rings is 1. The Balaban J connectivity index is 1.25. The minimum atomic E-state index is -0.877. The number of alkyl halides is 1. The average Bonchev–Trinajstić information content (AvgIpc) is 3.61. The molecule has 41 heavy (non-hydrogen) atoms. The minimum Gasteiger partial charge on any atom is -0.461 e. The Kier molecular flexibility index (Phi) is 5.75. The Morgan fingerprint density at radius 2 is 1.93 bits per heavy atom. The maximum absolute atomic E-state index is 16.5. The van der Waals surface area contributed by atoms with E-state index in [0.717, 1.165) is 45.3 Å². The number of hydrogen-bond acceptors (Lipinski definition) is 8. The van der Waals surface area contributed by atoms with Crippen LogP contribution in [0.4, 0.5) is 14.6 Å². The van der Waals surface area contributed by atoms with Crippen LogP contribution in [0.1, 0.15) is 32.1 Å². The molecule has 0 unspecified atom stereocenters. The van der Waals surface area contributed by atoms with Gasteiger partial charge in [0.2, 0.25) is 5.56 Å². The molecule has 4 fully saturated rings. The molecule has 7 heterocycles. The van der Waals surface area contributed by atoms with Gasteiger partial charge in [0.15, 0.2) is 5.82 Å². The van der Waals surface area contributed by atoms with E-state index < -0.39 is 12.0 Å². The molecule has 212 valence electrons. The molecule has 0 radical (unpaired) electrons. The molecular weight excluding hydrogens is 528 g/mol. The molecule has 0 aliphatic carbocycles. The zero-order valence-corrected chi connectivity index (χ0v) is 22.6. The van der Waals surface area contributed by atoms with Crippen LogP contribution in [0.3, 0.4) is 0 Å². The molecule has 0 saturated carbocycles. The van der Waals surface area contributed by atoms with Gasteiger partial charge in [0.25, 0.3) is 0 Å². The first-order valence-electron chi connectivity index (χ1n) is 14.5.